The lowest BCUT2D eigenvalue weighted by molar-refractivity contribution is 0.0840. The van der Waals surface area contributed by atoms with Crippen molar-refractivity contribution in [2.24, 2.45) is 0 Å². The summed E-state index contributed by atoms with van der Waals surface area (Å²) in [5.41, 5.74) is 4.92. The molecule has 1 heterocycles. The lowest BCUT2D eigenvalue weighted by atomic mass is 10.1. The molecule has 144 valence electrons. The van der Waals surface area contributed by atoms with Crippen LogP contribution in [0.4, 0.5) is 0 Å². The molecule has 0 saturated carbocycles. The van der Waals surface area contributed by atoms with Gasteiger partial charge < -0.3 is 19.1 Å². The highest BCUT2D eigenvalue weighted by Gasteiger charge is 2.18. The molecule has 28 heavy (non-hydrogen) atoms. The molecule has 0 spiro atoms. The number of hydrogen-bond donors (Lipinski definition) is 3. The molecule has 0 unspecified atom stereocenters. The number of benzene rings is 2. The fourth-order valence-electron chi connectivity index (χ4n) is 2.43. The molecule has 0 bridgehead atoms. The number of nitrogens with zero attached hydrogens (tertiary/aromatic N) is 1. The molecule has 0 atom stereocenters. The largest absolute Gasteiger partial charge is 0.507 e. The molecule has 9 nitrogen and oxygen atoms in total. The number of carbonyl (C=O) groups excluding carboxylic acids is 2. The Labute approximate surface area is 159 Å². The Morgan fingerprint density at radius 3 is 2.46 bits per heavy atom. The van der Waals surface area contributed by atoms with E-state index >= 15 is 0 Å². The first kappa shape index (κ1) is 18.8. The van der Waals surface area contributed by atoms with Crippen LogP contribution in [0.1, 0.15) is 20.8 Å². The smallest absolute Gasteiger partial charge is 0.291 e. The van der Waals surface area contributed by atoms with E-state index in [4.69, 9.17) is 14.0 Å². The fourth-order valence-corrected chi connectivity index (χ4v) is 2.43. The van der Waals surface area contributed by atoms with Gasteiger partial charge in [0.25, 0.3) is 11.8 Å². The van der Waals surface area contributed by atoms with Gasteiger partial charge in [-0.1, -0.05) is 17.3 Å². The first-order chi connectivity index (χ1) is 13.5. The number of hydrazine groups is 1. The first-order valence-corrected chi connectivity index (χ1v) is 8.11. The zero-order chi connectivity index (χ0) is 20.1. The molecule has 1 aromatic heterocycles. The number of phenolic OH excluding ortho intramolecular Hbond substituents is 1. The standard InChI is InChI=1S/C19H17N3O6/c1-26-11-7-8-16(27-2)13(9-11)17-10-14(22-28-17)19(25)21-20-18(24)12-5-3-4-6-15(12)23/h3-10,23H,1-2H3,(H,20,24)(H,21,25). The summed E-state index contributed by atoms with van der Waals surface area (Å²) in [6, 6.07) is 12.4. The van der Waals surface area contributed by atoms with Crippen molar-refractivity contribution in [2.45, 2.75) is 0 Å². The van der Waals surface area contributed by atoms with Crippen LogP contribution >= 0.6 is 0 Å². The highest BCUT2D eigenvalue weighted by Crippen LogP contribution is 2.33. The van der Waals surface area contributed by atoms with E-state index in [1.165, 1.54) is 32.4 Å². The number of para-hydroxylation sites is 1. The Bertz CT molecular complexity index is 1010. The van der Waals surface area contributed by atoms with E-state index in [9.17, 15) is 14.7 Å². The van der Waals surface area contributed by atoms with Gasteiger partial charge in [-0.05, 0) is 30.3 Å². The van der Waals surface area contributed by atoms with Crippen LogP contribution in [-0.4, -0.2) is 36.3 Å². The number of hydrogen-bond acceptors (Lipinski definition) is 7. The van der Waals surface area contributed by atoms with Gasteiger partial charge in [-0.2, -0.15) is 0 Å². The quantitative estimate of drug-likeness (QED) is 0.577. The predicted molar refractivity (Wildman–Crippen MR) is 98.1 cm³/mol. The number of aromatic hydroxyl groups is 1. The minimum Gasteiger partial charge on any atom is -0.507 e. The van der Waals surface area contributed by atoms with Crippen LogP contribution in [0, 0.1) is 0 Å². The summed E-state index contributed by atoms with van der Waals surface area (Å²) in [6.45, 7) is 0. The third kappa shape index (κ3) is 3.88. The van der Waals surface area contributed by atoms with Crippen molar-refractivity contribution < 1.29 is 28.7 Å². The van der Waals surface area contributed by atoms with Gasteiger partial charge >= 0.3 is 0 Å². The summed E-state index contributed by atoms with van der Waals surface area (Å²) in [6.07, 6.45) is 0. The van der Waals surface area contributed by atoms with Crippen LogP contribution in [0.3, 0.4) is 0 Å². The van der Waals surface area contributed by atoms with Gasteiger partial charge in [0.15, 0.2) is 11.5 Å². The van der Waals surface area contributed by atoms with Crippen molar-refractivity contribution in [3.8, 4) is 28.6 Å². The highest BCUT2D eigenvalue weighted by atomic mass is 16.5. The van der Waals surface area contributed by atoms with Gasteiger partial charge in [0, 0.05) is 6.07 Å². The third-order valence-corrected chi connectivity index (χ3v) is 3.85. The molecule has 2 aromatic carbocycles. The van der Waals surface area contributed by atoms with Crippen molar-refractivity contribution in [3.63, 3.8) is 0 Å². The maximum absolute atomic E-state index is 12.2. The summed E-state index contributed by atoms with van der Waals surface area (Å²) in [5.74, 6) is -0.203. The summed E-state index contributed by atoms with van der Waals surface area (Å²) >= 11 is 0. The molecule has 0 radical (unpaired) electrons. The van der Waals surface area contributed by atoms with E-state index in [2.05, 4.69) is 16.0 Å². The van der Waals surface area contributed by atoms with E-state index in [1.54, 1.807) is 30.3 Å². The number of ether oxygens (including phenoxy) is 2. The Morgan fingerprint density at radius 2 is 1.75 bits per heavy atom. The Hall–Kier alpha value is -4.01. The van der Waals surface area contributed by atoms with E-state index in [0.717, 1.165) is 0 Å². The summed E-state index contributed by atoms with van der Waals surface area (Å²) in [4.78, 5) is 24.2. The summed E-state index contributed by atoms with van der Waals surface area (Å²) in [5, 5.41) is 13.4. The molecule has 3 rings (SSSR count). The molecule has 0 saturated heterocycles. The van der Waals surface area contributed by atoms with Gasteiger partial charge in [-0.3, -0.25) is 20.4 Å². The molecular formula is C19H17N3O6. The number of aromatic nitrogens is 1. The normalized spacial score (nSPS) is 10.2. The van der Waals surface area contributed by atoms with Crippen molar-refractivity contribution in [2.75, 3.05) is 14.2 Å². The van der Waals surface area contributed by atoms with Crippen LogP contribution in [-0.2, 0) is 0 Å². The van der Waals surface area contributed by atoms with Crippen LogP contribution in [0.2, 0.25) is 0 Å². The second-order valence-corrected chi connectivity index (χ2v) is 5.57. The van der Waals surface area contributed by atoms with Gasteiger partial charge in [-0.15, -0.1) is 0 Å². The average Bonchev–Trinajstić information content (AvgIpc) is 3.21. The van der Waals surface area contributed by atoms with E-state index in [0.29, 0.717) is 17.1 Å². The second kappa shape index (κ2) is 8.12. The van der Waals surface area contributed by atoms with Crippen molar-refractivity contribution in [1.82, 2.24) is 16.0 Å². The van der Waals surface area contributed by atoms with Crippen LogP contribution in [0.25, 0.3) is 11.3 Å². The SMILES string of the molecule is COc1ccc(OC)c(-c2cc(C(=O)NNC(=O)c3ccccc3O)no2)c1. The molecule has 3 aromatic rings. The number of nitrogens with one attached hydrogen (secondary N) is 2. The number of amides is 2. The van der Waals surface area contributed by atoms with Gasteiger partial charge in [-0.25, -0.2) is 0 Å². The molecule has 0 aliphatic rings. The van der Waals surface area contributed by atoms with Crippen LogP contribution in [0.5, 0.6) is 17.2 Å². The van der Waals surface area contributed by atoms with E-state index < -0.39 is 11.8 Å². The Balaban J connectivity index is 1.73. The van der Waals surface area contributed by atoms with Gasteiger partial charge in [0.2, 0.25) is 0 Å². The topological polar surface area (TPSA) is 123 Å². The summed E-state index contributed by atoms with van der Waals surface area (Å²) in [7, 11) is 3.03. The van der Waals surface area contributed by atoms with Crippen molar-refractivity contribution >= 4 is 11.8 Å². The lowest BCUT2D eigenvalue weighted by Gasteiger charge is -2.07. The van der Waals surface area contributed by atoms with E-state index in [-0.39, 0.29) is 22.8 Å². The number of phenols is 1. The number of methoxy groups -OCH3 is 2. The first-order valence-electron chi connectivity index (χ1n) is 8.11. The maximum Gasteiger partial charge on any atom is 0.291 e. The average molecular weight is 383 g/mol. The van der Waals surface area contributed by atoms with Crippen LogP contribution in [0.15, 0.2) is 53.1 Å². The zero-order valence-corrected chi connectivity index (χ0v) is 15.1. The van der Waals surface area contributed by atoms with E-state index in [1.807, 2.05) is 0 Å². The lowest BCUT2D eigenvalue weighted by Crippen LogP contribution is -2.41. The fraction of sp³-hybridized carbons (Fsp3) is 0.105. The minimum absolute atomic E-state index is 0.0183. The Morgan fingerprint density at radius 1 is 1.00 bits per heavy atom. The summed E-state index contributed by atoms with van der Waals surface area (Å²) < 4.78 is 15.7. The van der Waals surface area contributed by atoms with Crippen molar-refractivity contribution in [1.29, 1.82) is 0 Å². The number of rotatable bonds is 5. The third-order valence-electron chi connectivity index (χ3n) is 3.85. The molecule has 9 heteroatoms. The van der Waals surface area contributed by atoms with Crippen molar-refractivity contribution in [3.05, 3.63) is 59.8 Å². The molecule has 2 amide bonds. The highest BCUT2D eigenvalue weighted by molar-refractivity contribution is 6.00. The molecule has 0 aliphatic carbocycles. The minimum atomic E-state index is -0.694. The Kier molecular flexibility index (Phi) is 5.45. The molecular weight excluding hydrogens is 366 g/mol. The monoisotopic (exact) mass is 383 g/mol. The maximum atomic E-state index is 12.2. The zero-order valence-electron chi connectivity index (χ0n) is 15.1. The second-order valence-electron chi connectivity index (χ2n) is 5.57. The predicted octanol–water partition coefficient (Wildman–Crippen LogP) is 2.14. The molecule has 3 N–H and O–H groups in total. The van der Waals surface area contributed by atoms with Gasteiger partial charge in [0.1, 0.15) is 17.2 Å². The number of carbonyl (C=O) groups is 2. The molecule has 0 fully saturated rings. The molecule has 0 aliphatic heterocycles. The van der Waals surface area contributed by atoms with Gasteiger partial charge in [0.05, 0.1) is 25.3 Å². The van der Waals surface area contributed by atoms with Crippen LogP contribution < -0.4 is 20.3 Å².